The number of halogens is 4. The van der Waals surface area contributed by atoms with E-state index >= 15 is 0 Å². The van der Waals surface area contributed by atoms with Gasteiger partial charge in [-0.25, -0.2) is 4.39 Å². The van der Waals surface area contributed by atoms with E-state index in [1.807, 2.05) is 0 Å². The summed E-state index contributed by atoms with van der Waals surface area (Å²) in [6, 6.07) is 2.46. The first-order valence-corrected chi connectivity index (χ1v) is 4.75. The first-order valence-electron chi connectivity index (χ1n) is 4.75. The van der Waals surface area contributed by atoms with E-state index in [1.165, 1.54) is 0 Å². The summed E-state index contributed by atoms with van der Waals surface area (Å²) in [4.78, 5) is 1.55. The van der Waals surface area contributed by atoms with Crippen LogP contribution in [0.5, 0.6) is 0 Å². The molecule has 0 aliphatic carbocycles. The van der Waals surface area contributed by atoms with Gasteiger partial charge >= 0.3 is 6.18 Å². The van der Waals surface area contributed by atoms with Gasteiger partial charge in [0.05, 0.1) is 11.3 Å². The second kappa shape index (κ2) is 3.81. The van der Waals surface area contributed by atoms with Crippen molar-refractivity contribution in [2.24, 2.45) is 0 Å². The third kappa shape index (κ3) is 2.03. The minimum Gasteiger partial charge on any atom is -0.362 e. The standard InChI is InChI=1S/C11H9F4N/c12-9-4-3-8(11(13,14)15)7-10(9)16-5-1-2-6-16/h1-4,7H,5-6H2. The van der Waals surface area contributed by atoms with Crippen molar-refractivity contribution in [2.75, 3.05) is 18.0 Å². The van der Waals surface area contributed by atoms with Crippen molar-refractivity contribution in [2.45, 2.75) is 6.18 Å². The zero-order valence-corrected chi connectivity index (χ0v) is 8.26. The van der Waals surface area contributed by atoms with E-state index in [0.29, 0.717) is 13.1 Å². The van der Waals surface area contributed by atoms with E-state index < -0.39 is 17.6 Å². The molecule has 2 rings (SSSR count). The topological polar surface area (TPSA) is 3.24 Å². The van der Waals surface area contributed by atoms with Crippen molar-refractivity contribution >= 4 is 5.69 Å². The molecule has 0 atom stereocenters. The number of benzene rings is 1. The lowest BCUT2D eigenvalue weighted by Crippen LogP contribution is -2.20. The van der Waals surface area contributed by atoms with Crippen molar-refractivity contribution in [1.82, 2.24) is 0 Å². The molecule has 0 N–H and O–H groups in total. The predicted molar refractivity (Wildman–Crippen MR) is 52.8 cm³/mol. The predicted octanol–water partition coefficient (Wildman–Crippen LogP) is 3.22. The highest BCUT2D eigenvalue weighted by molar-refractivity contribution is 5.53. The first kappa shape index (κ1) is 11.0. The Balaban J connectivity index is 2.37. The fourth-order valence-electron chi connectivity index (χ4n) is 1.61. The molecule has 0 bridgehead atoms. The van der Waals surface area contributed by atoms with Gasteiger partial charge in [-0.2, -0.15) is 13.2 Å². The summed E-state index contributed by atoms with van der Waals surface area (Å²) in [7, 11) is 0. The minimum absolute atomic E-state index is 0.000162. The van der Waals surface area contributed by atoms with Crippen LogP contribution in [0.2, 0.25) is 0 Å². The highest BCUT2D eigenvalue weighted by Gasteiger charge is 2.31. The van der Waals surface area contributed by atoms with E-state index in [4.69, 9.17) is 0 Å². The summed E-state index contributed by atoms with van der Waals surface area (Å²) in [5.41, 5.74) is -0.823. The third-order valence-corrected chi connectivity index (χ3v) is 2.43. The van der Waals surface area contributed by atoms with E-state index in [0.717, 1.165) is 18.2 Å². The van der Waals surface area contributed by atoms with Gasteiger partial charge < -0.3 is 4.90 Å². The molecule has 1 aliphatic heterocycles. The fourth-order valence-corrected chi connectivity index (χ4v) is 1.61. The van der Waals surface area contributed by atoms with Gasteiger partial charge in [0.15, 0.2) is 0 Å². The molecule has 0 amide bonds. The molecule has 0 saturated heterocycles. The Morgan fingerprint density at radius 2 is 1.69 bits per heavy atom. The normalized spacial score (nSPS) is 15.9. The van der Waals surface area contributed by atoms with Crippen molar-refractivity contribution in [3.05, 3.63) is 41.7 Å². The lowest BCUT2D eigenvalue weighted by Gasteiger charge is -2.19. The Morgan fingerprint density at radius 3 is 2.25 bits per heavy atom. The highest BCUT2D eigenvalue weighted by atomic mass is 19.4. The molecule has 0 saturated carbocycles. The molecule has 0 aromatic heterocycles. The monoisotopic (exact) mass is 231 g/mol. The molecule has 1 aromatic rings. The van der Waals surface area contributed by atoms with Crippen molar-refractivity contribution in [3.63, 3.8) is 0 Å². The molecule has 1 aliphatic rings. The summed E-state index contributed by atoms with van der Waals surface area (Å²) in [6.45, 7) is 0.885. The quantitative estimate of drug-likeness (QED) is 0.530. The van der Waals surface area contributed by atoms with Crippen LogP contribution in [0.25, 0.3) is 0 Å². The minimum atomic E-state index is -4.43. The Kier molecular flexibility index (Phi) is 2.61. The van der Waals surface area contributed by atoms with E-state index in [-0.39, 0.29) is 5.69 Å². The lowest BCUT2D eigenvalue weighted by atomic mass is 10.1. The van der Waals surface area contributed by atoms with Crippen LogP contribution in [0.1, 0.15) is 5.56 Å². The van der Waals surface area contributed by atoms with Gasteiger partial charge in [-0.3, -0.25) is 0 Å². The number of hydrogen-bond donors (Lipinski definition) is 0. The molecule has 0 fully saturated rings. The van der Waals surface area contributed by atoms with Gasteiger partial charge in [0.1, 0.15) is 5.82 Å². The van der Waals surface area contributed by atoms with E-state index in [9.17, 15) is 17.6 Å². The lowest BCUT2D eigenvalue weighted by molar-refractivity contribution is -0.137. The molecule has 0 radical (unpaired) electrons. The Labute approximate surface area is 90.0 Å². The maximum atomic E-state index is 13.4. The van der Waals surface area contributed by atoms with Crippen LogP contribution in [0, 0.1) is 5.82 Å². The largest absolute Gasteiger partial charge is 0.416 e. The Bertz CT molecular complexity index is 414. The molecule has 1 heterocycles. The molecule has 5 heteroatoms. The third-order valence-electron chi connectivity index (χ3n) is 2.43. The maximum Gasteiger partial charge on any atom is 0.416 e. The highest BCUT2D eigenvalue weighted by Crippen LogP contribution is 2.33. The van der Waals surface area contributed by atoms with Crippen LogP contribution < -0.4 is 4.90 Å². The molecule has 1 nitrogen and oxygen atoms in total. The Hall–Kier alpha value is -1.52. The van der Waals surface area contributed by atoms with Gasteiger partial charge in [-0.1, -0.05) is 12.2 Å². The summed E-state index contributed by atoms with van der Waals surface area (Å²) in [5, 5.41) is 0. The van der Waals surface area contributed by atoms with Crippen LogP contribution in [-0.2, 0) is 6.18 Å². The van der Waals surface area contributed by atoms with Gasteiger partial charge in [0.25, 0.3) is 0 Å². The number of anilines is 1. The molecule has 0 unspecified atom stereocenters. The summed E-state index contributed by atoms with van der Waals surface area (Å²) in [5.74, 6) is -0.628. The van der Waals surface area contributed by atoms with E-state index in [2.05, 4.69) is 0 Å². The second-order valence-corrected chi connectivity index (χ2v) is 3.54. The average molecular weight is 231 g/mol. The summed E-state index contributed by atoms with van der Waals surface area (Å²) in [6.07, 6.45) is -0.852. The van der Waals surface area contributed by atoms with Crippen LogP contribution in [0.15, 0.2) is 30.4 Å². The van der Waals surface area contributed by atoms with Crippen LogP contribution in [0.4, 0.5) is 23.2 Å². The van der Waals surface area contributed by atoms with Crippen LogP contribution in [-0.4, -0.2) is 13.1 Å². The molecular formula is C11H9F4N. The molecule has 1 aromatic carbocycles. The SMILES string of the molecule is Fc1ccc(C(F)(F)F)cc1N1CC=CC1. The molecule has 86 valence electrons. The molecule has 0 spiro atoms. The fraction of sp³-hybridized carbons (Fsp3) is 0.273. The zero-order valence-electron chi connectivity index (χ0n) is 8.26. The van der Waals surface area contributed by atoms with Gasteiger partial charge in [0.2, 0.25) is 0 Å². The number of hydrogen-bond acceptors (Lipinski definition) is 1. The number of alkyl halides is 3. The maximum absolute atomic E-state index is 13.4. The smallest absolute Gasteiger partial charge is 0.362 e. The Morgan fingerprint density at radius 1 is 1.06 bits per heavy atom. The number of rotatable bonds is 1. The zero-order chi connectivity index (χ0) is 11.8. The number of nitrogens with zero attached hydrogens (tertiary/aromatic N) is 1. The molecular weight excluding hydrogens is 222 g/mol. The average Bonchev–Trinajstić information content (AvgIpc) is 2.69. The van der Waals surface area contributed by atoms with Gasteiger partial charge in [-0.15, -0.1) is 0 Å². The van der Waals surface area contributed by atoms with Gasteiger partial charge in [-0.05, 0) is 18.2 Å². The first-order chi connectivity index (χ1) is 7.48. The second-order valence-electron chi connectivity index (χ2n) is 3.54. The van der Waals surface area contributed by atoms with E-state index in [1.54, 1.807) is 17.1 Å². The van der Waals surface area contributed by atoms with Gasteiger partial charge in [0, 0.05) is 13.1 Å². The molecule has 16 heavy (non-hydrogen) atoms. The van der Waals surface area contributed by atoms with Crippen LogP contribution in [0.3, 0.4) is 0 Å². The summed E-state index contributed by atoms with van der Waals surface area (Å²) < 4.78 is 50.7. The summed E-state index contributed by atoms with van der Waals surface area (Å²) >= 11 is 0. The van der Waals surface area contributed by atoms with Crippen molar-refractivity contribution in [1.29, 1.82) is 0 Å². The van der Waals surface area contributed by atoms with Crippen molar-refractivity contribution in [3.8, 4) is 0 Å². The van der Waals surface area contributed by atoms with Crippen LogP contribution >= 0.6 is 0 Å². The van der Waals surface area contributed by atoms with Crippen molar-refractivity contribution < 1.29 is 17.6 Å².